The molecule has 1 rings (SSSR count). The van der Waals surface area contributed by atoms with Crippen molar-refractivity contribution < 1.29 is 0 Å². The topological polar surface area (TPSA) is 49.6 Å². The number of hydrogen-bond acceptors (Lipinski definition) is 4. The van der Waals surface area contributed by atoms with Crippen LogP contribution in [-0.2, 0) is 0 Å². The first-order valence-corrected chi connectivity index (χ1v) is 5.53. The highest BCUT2D eigenvalue weighted by Crippen LogP contribution is 2.16. The first-order valence-electron chi connectivity index (χ1n) is 4.10. The van der Waals surface area contributed by atoms with Crippen LogP contribution in [0.1, 0.15) is 11.4 Å². The summed E-state index contributed by atoms with van der Waals surface area (Å²) in [5.41, 5.74) is 1.87. The molecule has 0 aliphatic heterocycles. The summed E-state index contributed by atoms with van der Waals surface area (Å²) in [5.74, 6) is 0.515. The minimum Gasteiger partial charge on any atom is -0.228 e. The molecule has 3 nitrogen and oxygen atoms in total. The van der Waals surface area contributed by atoms with Crippen LogP contribution in [0.4, 0.5) is 0 Å². The number of nitrogens with zero attached hydrogens (tertiary/aromatic N) is 3. The molecule has 0 bridgehead atoms. The van der Waals surface area contributed by atoms with E-state index in [1.165, 1.54) is 11.8 Å². The molecule has 0 spiro atoms. The van der Waals surface area contributed by atoms with Gasteiger partial charge in [-0.05, 0) is 19.9 Å². The van der Waals surface area contributed by atoms with E-state index in [2.05, 4.69) is 9.97 Å². The van der Waals surface area contributed by atoms with Crippen molar-refractivity contribution in [2.24, 2.45) is 0 Å². The van der Waals surface area contributed by atoms with Gasteiger partial charge in [0.05, 0.1) is 6.07 Å². The molecule has 1 aromatic heterocycles. The Morgan fingerprint density at radius 1 is 1.50 bits per heavy atom. The van der Waals surface area contributed by atoms with E-state index in [1.54, 1.807) is 0 Å². The summed E-state index contributed by atoms with van der Waals surface area (Å²) in [4.78, 5) is 8.45. The van der Waals surface area contributed by atoms with E-state index in [1.807, 2.05) is 26.0 Å². The predicted molar refractivity (Wildman–Crippen MR) is 57.5 cm³/mol. The summed E-state index contributed by atoms with van der Waals surface area (Å²) < 4.78 is 0. The molecule has 0 N–H and O–H groups in total. The molecule has 1 aromatic rings. The third-order valence-corrected chi connectivity index (χ3v) is 2.84. The number of aromatic nitrogens is 2. The zero-order chi connectivity index (χ0) is 10.6. The molecule has 1 atom stereocenters. The van der Waals surface area contributed by atoms with E-state index in [0.29, 0.717) is 10.9 Å². The van der Waals surface area contributed by atoms with Crippen LogP contribution in [0.5, 0.6) is 0 Å². The number of halogens is 1. The normalized spacial score (nSPS) is 12.1. The van der Waals surface area contributed by atoms with Crippen molar-refractivity contribution in [3.05, 3.63) is 17.5 Å². The van der Waals surface area contributed by atoms with Gasteiger partial charge in [0.1, 0.15) is 5.38 Å². The first kappa shape index (κ1) is 11.3. The molecule has 0 aliphatic carbocycles. The third-order valence-electron chi connectivity index (χ3n) is 1.46. The molecule has 0 amide bonds. The van der Waals surface area contributed by atoms with Crippen LogP contribution in [0.15, 0.2) is 11.2 Å². The smallest absolute Gasteiger partial charge is 0.188 e. The van der Waals surface area contributed by atoms with Crippen molar-refractivity contribution in [1.82, 2.24) is 9.97 Å². The average Bonchev–Trinajstić information content (AvgIpc) is 2.12. The number of alkyl halides is 1. The van der Waals surface area contributed by atoms with Crippen LogP contribution in [0.3, 0.4) is 0 Å². The largest absolute Gasteiger partial charge is 0.228 e. The van der Waals surface area contributed by atoms with Crippen LogP contribution in [0.2, 0.25) is 0 Å². The number of nitriles is 1. The molecule has 1 heterocycles. The van der Waals surface area contributed by atoms with Crippen LogP contribution in [0.25, 0.3) is 0 Å². The van der Waals surface area contributed by atoms with Gasteiger partial charge in [-0.3, -0.25) is 0 Å². The van der Waals surface area contributed by atoms with E-state index in [9.17, 15) is 0 Å². The molecule has 0 saturated heterocycles. The molecule has 1 unspecified atom stereocenters. The highest BCUT2D eigenvalue weighted by Gasteiger charge is 2.05. The summed E-state index contributed by atoms with van der Waals surface area (Å²) in [5, 5.41) is 8.69. The van der Waals surface area contributed by atoms with Gasteiger partial charge in [0, 0.05) is 17.1 Å². The zero-order valence-corrected chi connectivity index (χ0v) is 9.56. The van der Waals surface area contributed by atoms with Crippen LogP contribution >= 0.6 is 23.4 Å². The van der Waals surface area contributed by atoms with E-state index in [-0.39, 0.29) is 0 Å². The lowest BCUT2D eigenvalue weighted by atomic mass is 10.4. The second-order valence-corrected chi connectivity index (χ2v) is 4.35. The Morgan fingerprint density at radius 2 is 2.07 bits per heavy atom. The maximum Gasteiger partial charge on any atom is 0.188 e. The van der Waals surface area contributed by atoms with Crippen LogP contribution < -0.4 is 0 Å². The van der Waals surface area contributed by atoms with Gasteiger partial charge in [0.25, 0.3) is 0 Å². The Bertz CT molecular complexity index is 341. The summed E-state index contributed by atoms with van der Waals surface area (Å²) in [6.07, 6.45) is 0. The third kappa shape index (κ3) is 3.52. The van der Waals surface area contributed by atoms with E-state index in [4.69, 9.17) is 16.9 Å². The highest BCUT2D eigenvalue weighted by molar-refractivity contribution is 7.99. The number of rotatable bonds is 3. The Kier molecular flexibility index (Phi) is 4.18. The van der Waals surface area contributed by atoms with Crippen molar-refractivity contribution in [1.29, 1.82) is 5.26 Å². The molecule has 0 aromatic carbocycles. The summed E-state index contributed by atoms with van der Waals surface area (Å²) in [7, 11) is 0. The van der Waals surface area contributed by atoms with Crippen LogP contribution in [-0.4, -0.2) is 21.1 Å². The molecular weight excluding hydrogens is 218 g/mol. The van der Waals surface area contributed by atoms with Gasteiger partial charge >= 0.3 is 0 Å². The predicted octanol–water partition coefficient (Wildman–Crippen LogP) is 2.32. The minimum absolute atomic E-state index is 0.482. The van der Waals surface area contributed by atoms with Gasteiger partial charge in [0.2, 0.25) is 0 Å². The van der Waals surface area contributed by atoms with Gasteiger partial charge < -0.3 is 0 Å². The number of thioether (sulfide) groups is 1. The molecule has 0 fully saturated rings. The maximum absolute atomic E-state index is 8.49. The van der Waals surface area contributed by atoms with Gasteiger partial charge in [-0.1, -0.05) is 11.8 Å². The van der Waals surface area contributed by atoms with Crippen molar-refractivity contribution in [2.75, 3.05) is 5.75 Å². The van der Waals surface area contributed by atoms with Crippen LogP contribution in [0, 0.1) is 25.2 Å². The molecule has 74 valence electrons. The van der Waals surface area contributed by atoms with Gasteiger partial charge in [-0.25, -0.2) is 9.97 Å². The average molecular weight is 228 g/mol. The van der Waals surface area contributed by atoms with Crippen molar-refractivity contribution in [2.45, 2.75) is 24.4 Å². The van der Waals surface area contributed by atoms with Gasteiger partial charge in [0.15, 0.2) is 5.16 Å². The van der Waals surface area contributed by atoms with Gasteiger partial charge in [-0.2, -0.15) is 5.26 Å². The quantitative estimate of drug-likeness (QED) is 0.452. The van der Waals surface area contributed by atoms with E-state index in [0.717, 1.165) is 11.4 Å². The molecule has 5 heteroatoms. The monoisotopic (exact) mass is 227 g/mol. The minimum atomic E-state index is -0.482. The second kappa shape index (κ2) is 5.18. The SMILES string of the molecule is Cc1cc(C)nc(SCC(Cl)C#N)n1. The highest BCUT2D eigenvalue weighted by atomic mass is 35.5. The lowest BCUT2D eigenvalue weighted by molar-refractivity contribution is 0.901. The number of hydrogen-bond donors (Lipinski definition) is 0. The Balaban J connectivity index is 2.64. The Hall–Kier alpha value is -0.790. The lowest BCUT2D eigenvalue weighted by Crippen LogP contribution is -2.00. The molecule has 0 aliphatic rings. The Morgan fingerprint density at radius 3 is 2.57 bits per heavy atom. The molecule has 0 radical (unpaired) electrons. The maximum atomic E-state index is 8.49. The summed E-state index contributed by atoms with van der Waals surface area (Å²) >= 11 is 7.06. The van der Waals surface area contributed by atoms with E-state index < -0.39 is 5.38 Å². The van der Waals surface area contributed by atoms with Crippen molar-refractivity contribution in [3.63, 3.8) is 0 Å². The molecule has 14 heavy (non-hydrogen) atoms. The van der Waals surface area contributed by atoms with Gasteiger partial charge in [-0.15, -0.1) is 11.6 Å². The fraction of sp³-hybridized carbons (Fsp3) is 0.444. The first-order chi connectivity index (χ1) is 6.61. The zero-order valence-electron chi connectivity index (χ0n) is 7.99. The van der Waals surface area contributed by atoms with Crippen molar-refractivity contribution in [3.8, 4) is 6.07 Å². The summed E-state index contributed by atoms with van der Waals surface area (Å²) in [6.45, 7) is 3.84. The fourth-order valence-corrected chi connectivity index (χ4v) is 1.92. The van der Waals surface area contributed by atoms with Crippen molar-refractivity contribution >= 4 is 23.4 Å². The number of aryl methyl sites for hydroxylation is 2. The second-order valence-electron chi connectivity index (χ2n) is 2.84. The Labute approximate surface area is 92.5 Å². The summed E-state index contributed by atoms with van der Waals surface area (Å²) in [6, 6.07) is 3.86. The standard InChI is InChI=1S/C9H10ClN3S/c1-6-3-7(2)13-9(12-6)14-5-8(10)4-11/h3,8H,5H2,1-2H3. The molecular formula is C9H10ClN3S. The lowest BCUT2D eigenvalue weighted by Gasteiger charge is -2.02. The van der Waals surface area contributed by atoms with E-state index >= 15 is 0 Å². The molecule has 0 saturated carbocycles. The fourth-order valence-electron chi connectivity index (χ4n) is 0.943.